The minimum atomic E-state index is -0.742. The van der Waals surface area contributed by atoms with Gasteiger partial charge in [0.15, 0.2) is 11.1 Å². The summed E-state index contributed by atoms with van der Waals surface area (Å²) in [6.45, 7) is 1.79. The Bertz CT molecular complexity index is 963. The highest BCUT2D eigenvalue weighted by Gasteiger charge is 2.18. The summed E-state index contributed by atoms with van der Waals surface area (Å²) in [4.78, 5) is 27.9. The number of nitrogens with zero attached hydrogens (tertiary/aromatic N) is 1. The van der Waals surface area contributed by atoms with Crippen LogP contribution in [0.2, 0.25) is 5.02 Å². The standard InChI is InChI=1S/C15H10ClNO5/c1-2-21-15(20)9-6-11-12(17-14(9)19)13(18)8-5-7(16)3-4-10(8)22-11/h3-6H,2H2,1H3,(H,17,19). The number of benzene rings is 1. The van der Waals surface area contributed by atoms with E-state index >= 15 is 0 Å². The van der Waals surface area contributed by atoms with Crippen molar-refractivity contribution in [2.24, 2.45) is 0 Å². The number of fused-ring (bicyclic) bond motifs is 2. The van der Waals surface area contributed by atoms with Crippen molar-refractivity contribution in [3.8, 4) is 5.88 Å². The maximum absolute atomic E-state index is 12.4. The quantitative estimate of drug-likeness (QED) is 0.577. The molecule has 22 heavy (non-hydrogen) atoms. The van der Waals surface area contributed by atoms with Crippen LogP contribution in [-0.4, -0.2) is 22.7 Å². The number of aromatic hydroxyl groups is 1. The third kappa shape index (κ3) is 2.27. The molecule has 3 rings (SSSR count). The molecule has 7 heteroatoms. The summed E-state index contributed by atoms with van der Waals surface area (Å²) in [5.74, 6) is -1.33. The third-order valence-electron chi connectivity index (χ3n) is 3.08. The zero-order valence-electron chi connectivity index (χ0n) is 11.4. The molecule has 0 bridgehead atoms. The second-order valence-corrected chi connectivity index (χ2v) is 4.93. The Balaban J connectivity index is 2.34. The van der Waals surface area contributed by atoms with Gasteiger partial charge in [-0.05, 0) is 25.1 Å². The van der Waals surface area contributed by atoms with Crippen molar-refractivity contribution in [1.82, 2.24) is 4.98 Å². The molecule has 0 radical (unpaired) electrons. The van der Waals surface area contributed by atoms with Crippen molar-refractivity contribution in [3.63, 3.8) is 0 Å². The fraction of sp³-hybridized carbons (Fsp3) is 0.133. The minimum absolute atomic E-state index is 0.0830. The van der Waals surface area contributed by atoms with E-state index in [0.29, 0.717) is 10.6 Å². The summed E-state index contributed by atoms with van der Waals surface area (Å²) in [6, 6.07) is 5.83. The molecule has 0 aliphatic heterocycles. The van der Waals surface area contributed by atoms with E-state index in [0.717, 1.165) is 0 Å². The van der Waals surface area contributed by atoms with E-state index in [2.05, 4.69) is 4.98 Å². The van der Waals surface area contributed by atoms with Crippen molar-refractivity contribution >= 4 is 39.6 Å². The first-order valence-electron chi connectivity index (χ1n) is 6.44. The van der Waals surface area contributed by atoms with Gasteiger partial charge in [0.1, 0.15) is 11.1 Å². The largest absolute Gasteiger partial charge is 0.493 e. The molecular weight excluding hydrogens is 310 g/mol. The van der Waals surface area contributed by atoms with Gasteiger partial charge < -0.3 is 14.3 Å². The van der Waals surface area contributed by atoms with E-state index in [1.807, 2.05) is 0 Å². The fourth-order valence-electron chi connectivity index (χ4n) is 2.10. The molecule has 0 saturated heterocycles. The highest BCUT2D eigenvalue weighted by molar-refractivity contribution is 6.31. The van der Waals surface area contributed by atoms with E-state index in [1.165, 1.54) is 12.1 Å². The first-order valence-corrected chi connectivity index (χ1v) is 6.82. The minimum Gasteiger partial charge on any atom is -0.493 e. The second kappa shape index (κ2) is 5.31. The van der Waals surface area contributed by atoms with Crippen LogP contribution in [0.4, 0.5) is 0 Å². The Hall–Kier alpha value is -2.60. The lowest BCUT2D eigenvalue weighted by Crippen LogP contribution is -2.09. The number of pyridine rings is 1. The van der Waals surface area contributed by atoms with Crippen molar-refractivity contribution in [1.29, 1.82) is 0 Å². The number of ether oxygens (including phenoxy) is 1. The highest BCUT2D eigenvalue weighted by Crippen LogP contribution is 2.25. The number of halogens is 1. The first-order chi connectivity index (χ1) is 10.5. The summed E-state index contributed by atoms with van der Waals surface area (Å²) in [7, 11) is 0. The highest BCUT2D eigenvalue weighted by atomic mass is 35.5. The normalized spacial score (nSPS) is 11.0. The van der Waals surface area contributed by atoms with Crippen LogP contribution in [0.5, 0.6) is 5.88 Å². The van der Waals surface area contributed by atoms with Crippen molar-refractivity contribution in [2.75, 3.05) is 6.61 Å². The summed E-state index contributed by atoms with van der Waals surface area (Å²) in [5, 5.41) is 10.5. The number of esters is 1. The van der Waals surface area contributed by atoms with Crippen LogP contribution in [0.1, 0.15) is 17.3 Å². The molecule has 0 atom stereocenters. The van der Waals surface area contributed by atoms with Crippen LogP contribution in [0.25, 0.3) is 22.1 Å². The van der Waals surface area contributed by atoms with Crippen LogP contribution in [0.3, 0.4) is 0 Å². The molecule has 0 saturated carbocycles. The van der Waals surface area contributed by atoms with Gasteiger partial charge in [-0.2, -0.15) is 0 Å². The summed E-state index contributed by atoms with van der Waals surface area (Å²) >= 11 is 5.86. The van der Waals surface area contributed by atoms with Gasteiger partial charge in [-0.1, -0.05) is 11.6 Å². The monoisotopic (exact) mass is 319 g/mol. The van der Waals surface area contributed by atoms with Crippen LogP contribution in [0.15, 0.2) is 33.5 Å². The topological polar surface area (TPSA) is 89.6 Å². The lowest BCUT2D eigenvalue weighted by Gasteiger charge is -2.06. The Morgan fingerprint density at radius 2 is 2.14 bits per heavy atom. The van der Waals surface area contributed by atoms with E-state index < -0.39 is 17.3 Å². The molecule has 0 fully saturated rings. The molecule has 2 aromatic heterocycles. The number of aromatic nitrogens is 1. The van der Waals surface area contributed by atoms with E-state index in [9.17, 15) is 14.7 Å². The van der Waals surface area contributed by atoms with Gasteiger partial charge in [0, 0.05) is 11.1 Å². The zero-order valence-corrected chi connectivity index (χ0v) is 12.2. The molecule has 0 spiro atoms. The summed E-state index contributed by atoms with van der Waals surface area (Å²) in [5.41, 5.74) is -0.291. The number of rotatable bonds is 2. The van der Waals surface area contributed by atoms with Crippen LogP contribution in [-0.2, 0) is 4.74 Å². The third-order valence-corrected chi connectivity index (χ3v) is 3.32. The molecule has 0 unspecified atom stereocenters. The molecular formula is C15H10ClNO5. The van der Waals surface area contributed by atoms with Gasteiger partial charge in [-0.25, -0.2) is 9.78 Å². The molecule has 6 nitrogen and oxygen atoms in total. The first kappa shape index (κ1) is 14.3. The van der Waals surface area contributed by atoms with Crippen LogP contribution >= 0.6 is 11.6 Å². The predicted molar refractivity (Wildman–Crippen MR) is 80.4 cm³/mol. The Morgan fingerprint density at radius 3 is 2.86 bits per heavy atom. The number of hydrogen-bond acceptors (Lipinski definition) is 6. The lowest BCUT2D eigenvalue weighted by atomic mass is 10.2. The van der Waals surface area contributed by atoms with Crippen molar-refractivity contribution < 1.29 is 19.1 Å². The van der Waals surface area contributed by atoms with Gasteiger partial charge in [-0.3, -0.25) is 4.79 Å². The molecule has 0 aliphatic carbocycles. The molecule has 2 heterocycles. The van der Waals surface area contributed by atoms with E-state index in [1.54, 1.807) is 19.1 Å². The van der Waals surface area contributed by atoms with Gasteiger partial charge in [0.05, 0.1) is 12.0 Å². The molecule has 1 aromatic carbocycles. The summed E-state index contributed by atoms with van der Waals surface area (Å²) < 4.78 is 10.4. The van der Waals surface area contributed by atoms with Gasteiger partial charge in [0.2, 0.25) is 11.3 Å². The van der Waals surface area contributed by atoms with Crippen LogP contribution in [0, 0.1) is 0 Å². The Morgan fingerprint density at radius 1 is 1.36 bits per heavy atom. The van der Waals surface area contributed by atoms with Gasteiger partial charge in [0.25, 0.3) is 0 Å². The smallest absolute Gasteiger partial charge is 0.343 e. The second-order valence-electron chi connectivity index (χ2n) is 4.50. The van der Waals surface area contributed by atoms with Gasteiger partial charge in [-0.15, -0.1) is 0 Å². The Kier molecular flexibility index (Phi) is 3.46. The van der Waals surface area contributed by atoms with Gasteiger partial charge >= 0.3 is 5.97 Å². The zero-order chi connectivity index (χ0) is 15.9. The van der Waals surface area contributed by atoms with Crippen LogP contribution < -0.4 is 5.43 Å². The van der Waals surface area contributed by atoms with Crippen molar-refractivity contribution in [3.05, 3.63) is 45.1 Å². The maximum atomic E-state index is 12.4. The molecule has 112 valence electrons. The number of hydrogen-bond donors (Lipinski definition) is 1. The molecule has 0 aliphatic rings. The lowest BCUT2D eigenvalue weighted by molar-refractivity contribution is 0.0522. The average molecular weight is 320 g/mol. The fourth-order valence-corrected chi connectivity index (χ4v) is 2.27. The number of carbonyl (C=O) groups excluding carboxylic acids is 1. The van der Waals surface area contributed by atoms with E-state index in [-0.39, 0.29) is 28.7 Å². The average Bonchev–Trinajstić information content (AvgIpc) is 2.49. The van der Waals surface area contributed by atoms with E-state index in [4.69, 9.17) is 20.8 Å². The Labute approximate surface area is 128 Å². The summed E-state index contributed by atoms with van der Waals surface area (Å²) in [6.07, 6.45) is 0. The maximum Gasteiger partial charge on any atom is 0.343 e. The molecule has 3 aromatic rings. The molecule has 0 amide bonds. The predicted octanol–water partition coefficient (Wildman–Crippen LogP) is 2.88. The number of carbonyl (C=O) groups is 1. The van der Waals surface area contributed by atoms with Crippen molar-refractivity contribution in [2.45, 2.75) is 6.92 Å². The molecule has 1 N–H and O–H groups in total. The SMILES string of the molecule is CCOC(=O)c1cc2oc3ccc(Cl)cc3c(=O)c2nc1O.